The molecule has 1 fully saturated rings. The van der Waals surface area contributed by atoms with Gasteiger partial charge in [0.1, 0.15) is 0 Å². The van der Waals surface area contributed by atoms with Crippen LogP contribution in [-0.2, 0) is 9.53 Å². The van der Waals surface area contributed by atoms with Gasteiger partial charge in [0.2, 0.25) is 0 Å². The van der Waals surface area contributed by atoms with Crippen LogP contribution in [-0.4, -0.2) is 13.1 Å². The molecule has 0 bridgehead atoms. The third-order valence-corrected chi connectivity index (χ3v) is 2.39. The fraction of sp³-hybridized carbons (Fsp3) is 0.667. The van der Waals surface area contributed by atoms with Crippen molar-refractivity contribution in [2.24, 2.45) is 11.3 Å². The zero-order chi connectivity index (χ0) is 8.48. The summed E-state index contributed by atoms with van der Waals surface area (Å²) in [4.78, 5) is 11.2. The Bertz CT molecular complexity index is 196. The monoisotopic (exact) mass is 154 g/mol. The molecule has 1 saturated carbocycles. The minimum atomic E-state index is -0.274. The lowest BCUT2D eigenvalue weighted by atomic mass is 10.0. The smallest absolute Gasteiger partial charge is 0.315 e. The van der Waals surface area contributed by atoms with E-state index in [-0.39, 0.29) is 11.4 Å². The van der Waals surface area contributed by atoms with Crippen molar-refractivity contribution in [3.63, 3.8) is 0 Å². The van der Waals surface area contributed by atoms with E-state index in [0.717, 1.165) is 6.42 Å². The van der Waals surface area contributed by atoms with Crippen LogP contribution in [0.2, 0.25) is 0 Å². The van der Waals surface area contributed by atoms with E-state index in [1.165, 1.54) is 7.11 Å². The molecule has 1 rings (SSSR count). The molecule has 0 aromatic heterocycles. The molecule has 1 aliphatic rings. The summed E-state index contributed by atoms with van der Waals surface area (Å²) in [7, 11) is 1.44. The second-order valence-electron chi connectivity index (χ2n) is 3.14. The first-order valence-electron chi connectivity index (χ1n) is 3.89. The van der Waals surface area contributed by atoms with Gasteiger partial charge in [-0.25, -0.2) is 0 Å². The van der Waals surface area contributed by atoms with Gasteiger partial charge in [0.15, 0.2) is 0 Å². The van der Waals surface area contributed by atoms with Gasteiger partial charge in [-0.3, -0.25) is 4.79 Å². The molecule has 2 heteroatoms. The molecule has 2 nitrogen and oxygen atoms in total. The third kappa shape index (κ3) is 1.17. The van der Waals surface area contributed by atoms with Crippen LogP contribution in [0.4, 0.5) is 0 Å². The van der Waals surface area contributed by atoms with Gasteiger partial charge in [0, 0.05) is 0 Å². The van der Waals surface area contributed by atoms with Crippen LogP contribution in [0.25, 0.3) is 0 Å². The van der Waals surface area contributed by atoms with Crippen molar-refractivity contribution in [1.29, 1.82) is 0 Å². The van der Waals surface area contributed by atoms with E-state index >= 15 is 0 Å². The highest BCUT2D eigenvalue weighted by Crippen LogP contribution is 2.54. The fourth-order valence-electron chi connectivity index (χ4n) is 1.52. The van der Waals surface area contributed by atoms with E-state index in [1.54, 1.807) is 0 Å². The molecule has 0 aromatic carbocycles. The maximum Gasteiger partial charge on any atom is 0.315 e. The first-order chi connectivity index (χ1) is 5.17. The summed E-state index contributed by atoms with van der Waals surface area (Å²) >= 11 is 0. The van der Waals surface area contributed by atoms with Crippen LogP contribution in [0, 0.1) is 11.3 Å². The zero-order valence-corrected chi connectivity index (χ0v) is 7.26. The Hall–Kier alpha value is -0.790. The number of hydrogen-bond donors (Lipinski definition) is 0. The number of esters is 1. The largest absolute Gasteiger partial charge is 0.468 e. The average Bonchev–Trinajstić information content (AvgIpc) is 2.62. The Labute approximate surface area is 67.2 Å². The van der Waals surface area contributed by atoms with Crippen molar-refractivity contribution < 1.29 is 9.53 Å². The Kier molecular flexibility index (Phi) is 2.03. The van der Waals surface area contributed by atoms with Gasteiger partial charge in [-0.05, 0) is 19.3 Å². The van der Waals surface area contributed by atoms with Gasteiger partial charge in [-0.15, -0.1) is 0 Å². The maximum atomic E-state index is 11.2. The van der Waals surface area contributed by atoms with Gasteiger partial charge < -0.3 is 4.74 Å². The third-order valence-electron chi connectivity index (χ3n) is 2.39. The molecule has 0 aromatic rings. The molecule has 0 amide bonds. The molecule has 0 radical (unpaired) electrons. The molecule has 11 heavy (non-hydrogen) atoms. The quantitative estimate of drug-likeness (QED) is 0.447. The molecule has 0 N–H and O–H groups in total. The second-order valence-corrected chi connectivity index (χ2v) is 3.14. The predicted molar refractivity (Wildman–Crippen MR) is 43.0 cm³/mol. The highest BCUT2D eigenvalue weighted by Gasteiger charge is 2.56. The molecule has 0 unspecified atom stereocenters. The number of allylic oxidation sites excluding steroid dienone is 1. The second kappa shape index (κ2) is 2.68. The molecule has 0 heterocycles. The standard InChI is InChI=1S/C9H14O2/c1-4-5-9(6-7(9)2)8(10)11-3/h4-5,7H,6H2,1-3H3/b5-4+/t7-,9-/m0/s1. The number of carbonyl (C=O) groups excluding carboxylic acids is 1. The van der Waals surface area contributed by atoms with E-state index in [0.29, 0.717) is 5.92 Å². The van der Waals surface area contributed by atoms with Gasteiger partial charge in [-0.1, -0.05) is 19.1 Å². The van der Waals surface area contributed by atoms with Gasteiger partial charge in [0.25, 0.3) is 0 Å². The van der Waals surface area contributed by atoms with Crippen LogP contribution in [0.15, 0.2) is 12.2 Å². The first kappa shape index (κ1) is 8.31. The summed E-state index contributed by atoms with van der Waals surface area (Å²) in [5.41, 5.74) is -0.274. The summed E-state index contributed by atoms with van der Waals surface area (Å²) in [6.45, 7) is 3.99. The minimum Gasteiger partial charge on any atom is -0.468 e. The predicted octanol–water partition coefficient (Wildman–Crippen LogP) is 1.76. The Morgan fingerprint density at radius 2 is 2.27 bits per heavy atom. The van der Waals surface area contributed by atoms with Gasteiger partial charge in [0.05, 0.1) is 12.5 Å². The van der Waals surface area contributed by atoms with Crippen LogP contribution in [0.1, 0.15) is 20.3 Å². The summed E-state index contributed by atoms with van der Waals surface area (Å²) in [5, 5.41) is 0. The topological polar surface area (TPSA) is 26.3 Å². The zero-order valence-electron chi connectivity index (χ0n) is 7.26. The van der Waals surface area contributed by atoms with E-state index in [1.807, 2.05) is 19.1 Å². The van der Waals surface area contributed by atoms with Crippen molar-refractivity contribution in [2.45, 2.75) is 20.3 Å². The number of carbonyl (C=O) groups is 1. The summed E-state index contributed by atoms with van der Waals surface area (Å²) < 4.78 is 4.71. The highest BCUT2D eigenvalue weighted by molar-refractivity contribution is 5.82. The fourth-order valence-corrected chi connectivity index (χ4v) is 1.52. The normalized spacial score (nSPS) is 35.7. The van der Waals surface area contributed by atoms with Crippen molar-refractivity contribution in [3.8, 4) is 0 Å². The lowest BCUT2D eigenvalue weighted by molar-refractivity contribution is -0.145. The van der Waals surface area contributed by atoms with Crippen molar-refractivity contribution >= 4 is 5.97 Å². The molecule has 2 atom stereocenters. The highest BCUT2D eigenvalue weighted by atomic mass is 16.5. The number of ether oxygens (including phenoxy) is 1. The average molecular weight is 154 g/mol. The van der Waals surface area contributed by atoms with E-state index < -0.39 is 0 Å². The Morgan fingerprint density at radius 3 is 2.55 bits per heavy atom. The van der Waals surface area contributed by atoms with E-state index in [9.17, 15) is 4.79 Å². The van der Waals surface area contributed by atoms with Crippen molar-refractivity contribution in [1.82, 2.24) is 0 Å². The number of hydrogen-bond acceptors (Lipinski definition) is 2. The van der Waals surface area contributed by atoms with Crippen molar-refractivity contribution in [3.05, 3.63) is 12.2 Å². The summed E-state index contributed by atoms with van der Waals surface area (Å²) in [6, 6.07) is 0. The summed E-state index contributed by atoms with van der Waals surface area (Å²) in [5.74, 6) is 0.356. The van der Waals surface area contributed by atoms with Crippen molar-refractivity contribution in [2.75, 3.05) is 7.11 Å². The van der Waals surface area contributed by atoms with Crippen LogP contribution in [0.3, 0.4) is 0 Å². The Morgan fingerprint density at radius 1 is 1.73 bits per heavy atom. The number of methoxy groups -OCH3 is 1. The maximum absolute atomic E-state index is 11.2. The Balaban J connectivity index is 2.71. The molecular formula is C9H14O2. The lowest BCUT2D eigenvalue weighted by Gasteiger charge is -2.07. The van der Waals surface area contributed by atoms with Crippen LogP contribution < -0.4 is 0 Å². The summed E-state index contributed by atoms with van der Waals surface area (Å²) in [6.07, 6.45) is 4.80. The molecule has 0 aliphatic heterocycles. The van der Waals surface area contributed by atoms with E-state index in [2.05, 4.69) is 6.92 Å². The number of rotatable bonds is 2. The van der Waals surface area contributed by atoms with Gasteiger partial charge in [-0.2, -0.15) is 0 Å². The molecule has 62 valence electrons. The van der Waals surface area contributed by atoms with Crippen LogP contribution >= 0.6 is 0 Å². The lowest BCUT2D eigenvalue weighted by Crippen LogP contribution is -2.16. The molecular weight excluding hydrogens is 140 g/mol. The molecule has 0 spiro atoms. The molecule has 0 saturated heterocycles. The van der Waals surface area contributed by atoms with E-state index in [4.69, 9.17) is 4.74 Å². The van der Waals surface area contributed by atoms with Crippen LogP contribution in [0.5, 0.6) is 0 Å². The molecule has 1 aliphatic carbocycles. The minimum absolute atomic E-state index is 0.0944. The first-order valence-corrected chi connectivity index (χ1v) is 3.89. The van der Waals surface area contributed by atoms with Gasteiger partial charge >= 0.3 is 5.97 Å². The SMILES string of the molecule is C/C=C/[C@]1(C(=O)OC)C[C@@H]1C.